The lowest BCUT2D eigenvalue weighted by atomic mass is 10.1. The van der Waals surface area contributed by atoms with E-state index in [1.165, 1.54) is 0 Å². The minimum absolute atomic E-state index is 0.727. The molecular formula is C14H14BrNO. The maximum atomic E-state index is 5.73. The highest BCUT2D eigenvalue weighted by Gasteiger charge is 2.06. The Morgan fingerprint density at radius 2 is 1.94 bits per heavy atom. The van der Waals surface area contributed by atoms with E-state index in [2.05, 4.69) is 27.8 Å². The molecule has 2 nitrogen and oxygen atoms in total. The van der Waals surface area contributed by atoms with Crippen molar-refractivity contribution in [2.45, 2.75) is 13.3 Å². The Hall–Kier alpha value is -1.35. The molecule has 1 aromatic carbocycles. The molecule has 1 aromatic heterocycles. The topological polar surface area (TPSA) is 22.1 Å². The monoisotopic (exact) mass is 291 g/mol. The zero-order valence-corrected chi connectivity index (χ0v) is 11.3. The highest BCUT2D eigenvalue weighted by atomic mass is 79.9. The van der Waals surface area contributed by atoms with Gasteiger partial charge in [-0.25, -0.2) is 4.98 Å². The van der Waals surface area contributed by atoms with Crippen LogP contribution in [-0.2, 0) is 0 Å². The second-order valence-electron chi connectivity index (χ2n) is 3.69. The van der Waals surface area contributed by atoms with E-state index in [9.17, 15) is 0 Å². The molecule has 88 valence electrons. The number of halogens is 1. The fourth-order valence-corrected chi connectivity index (χ4v) is 1.92. The van der Waals surface area contributed by atoms with Crippen LogP contribution < -0.4 is 4.74 Å². The van der Waals surface area contributed by atoms with Crippen molar-refractivity contribution in [3.05, 3.63) is 47.1 Å². The Kier molecular flexibility index (Phi) is 4.15. The Balaban J connectivity index is 2.37. The lowest BCUT2D eigenvalue weighted by Crippen LogP contribution is -1.97. The number of hydrogen-bond donors (Lipinski definition) is 0. The molecule has 0 bridgehead atoms. The second kappa shape index (κ2) is 5.82. The first kappa shape index (κ1) is 12.1. The van der Waals surface area contributed by atoms with Gasteiger partial charge < -0.3 is 4.74 Å². The first-order valence-electron chi connectivity index (χ1n) is 5.66. The van der Waals surface area contributed by atoms with Gasteiger partial charge in [-0.3, -0.25) is 0 Å². The fraction of sp³-hybridized carbons (Fsp3) is 0.214. The maximum Gasteiger partial charge on any atom is 0.128 e. The number of hydrogen-bond acceptors (Lipinski definition) is 2. The van der Waals surface area contributed by atoms with E-state index in [0.29, 0.717) is 0 Å². The van der Waals surface area contributed by atoms with Crippen LogP contribution >= 0.6 is 15.9 Å². The van der Waals surface area contributed by atoms with Gasteiger partial charge in [0.1, 0.15) is 10.4 Å². The van der Waals surface area contributed by atoms with Crippen LogP contribution in [0, 0.1) is 0 Å². The average Bonchev–Trinajstić information content (AvgIpc) is 2.37. The highest BCUT2D eigenvalue weighted by Crippen LogP contribution is 2.29. The molecule has 1 heterocycles. The number of aromatic nitrogens is 1. The summed E-state index contributed by atoms with van der Waals surface area (Å²) in [5, 5.41) is 0. The third-order valence-electron chi connectivity index (χ3n) is 2.34. The molecule has 2 rings (SSSR count). The minimum Gasteiger partial charge on any atom is -0.493 e. The van der Waals surface area contributed by atoms with Crippen LogP contribution in [0.1, 0.15) is 13.3 Å². The zero-order chi connectivity index (χ0) is 12.1. The molecule has 0 unspecified atom stereocenters. The number of para-hydroxylation sites is 1. The van der Waals surface area contributed by atoms with E-state index in [1.54, 1.807) is 0 Å². The van der Waals surface area contributed by atoms with E-state index >= 15 is 0 Å². The minimum atomic E-state index is 0.727. The van der Waals surface area contributed by atoms with Crippen molar-refractivity contribution < 1.29 is 4.74 Å². The summed E-state index contributed by atoms with van der Waals surface area (Å²) in [7, 11) is 0. The van der Waals surface area contributed by atoms with E-state index in [-0.39, 0.29) is 0 Å². The Bertz CT molecular complexity index is 499. The molecule has 3 heteroatoms. The summed E-state index contributed by atoms with van der Waals surface area (Å²) in [5.41, 5.74) is 1.95. The van der Waals surface area contributed by atoms with E-state index in [1.807, 2.05) is 42.5 Å². The standard InChI is InChI=1S/C14H14BrNO/c1-2-10-17-13-8-4-3-6-11(13)12-7-5-9-14(15)16-12/h3-9H,2,10H2,1H3. The van der Waals surface area contributed by atoms with Crippen LogP contribution in [0.25, 0.3) is 11.3 Å². The van der Waals surface area contributed by atoms with Crippen molar-refractivity contribution in [2.24, 2.45) is 0 Å². The van der Waals surface area contributed by atoms with Crippen molar-refractivity contribution >= 4 is 15.9 Å². The molecule has 0 saturated carbocycles. The highest BCUT2D eigenvalue weighted by molar-refractivity contribution is 9.10. The summed E-state index contributed by atoms with van der Waals surface area (Å²) in [5.74, 6) is 0.889. The van der Waals surface area contributed by atoms with E-state index < -0.39 is 0 Å². The lowest BCUT2D eigenvalue weighted by Gasteiger charge is -2.10. The van der Waals surface area contributed by atoms with Crippen molar-refractivity contribution in [1.29, 1.82) is 0 Å². The molecule has 17 heavy (non-hydrogen) atoms. The molecule has 0 aliphatic heterocycles. The van der Waals surface area contributed by atoms with Gasteiger partial charge in [0.15, 0.2) is 0 Å². The van der Waals surface area contributed by atoms with E-state index in [0.717, 1.165) is 34.6 Å². The maximum absolute atomic E-state index is 5.73. The largest absolute Gasteiger partial charge is 0.493 e. The number of nitrogens with zero attached hydrogens (tertiary/aromatic N) is 1. The third-order valence-corrected chi connectivity index (χ3v) is 2.78. The number of rotatable bonds is 4. The first-order chi connectivity index (χ1) is 8.31. The van der Waals surface area contributed by atoms with Gasteiger partial charge in [-0.15, -0.1) is 0 Å². The summed E-state index contributed by atoms with van der Waals surface area (Å²) in [6, 6.07) is 13.9. The van der Waals surface area contributed by atoms with Gasteiger partial charge in [0.2, 0.25) is 0 Å². The molecule has 0 aliphatic carbocycles. The van der Waals surface area contributed by atoms with Gasteiger partial charge in [0, 0.05) is 5.56 Å². The van der Waals surface area contributed by atoms with Crippen molar-refractivity contribution in [3.63, 3.8) is 0 Å². The quantitative estimate of drug-likeness (QED) is 0.784. The SMILES string of the molecule is CCCOc1ccccc1-c1cccc(Br)n1. The lowest BCUT2D eigenvalue weighted by molar-refractivity contribution is 0.318. The zero-order valence-electron chi connectivity index (χ0n) is 9.69. The molecule has 0 aliphatic rings. The van der Waals surface area contributed by atoms with Gasteiger partial charge in [-0.2, -0.15) is 0 Å². The molecule has 0 fully saturated rings. The predicted octanol–water partition coefficient (Wildman–Crippen LogP) is 4.30. The number of benzene rings is 1. The molecule has 0 radical (unpaired) electrons. The summed E-state index contributed by atoms with van der Waals surface area (Å²) >= 11 is 3.38. The van der Waals surface area contributed by atoms with Gasteiger partial charge in [0.05, 0.1) is 12.3 Å². The second-order valence-corrected chi connectivity index (χ2v) is 4.50. The summed E-state index contributed by atoms with van der Waals surface area (Å²) in [4.78, 5) is 4.45. The average molecular weight is 292 g/mol. The van der Waals surface area contributed by atoms with Crippen LogP contribution in [0.5, 0.6) is 5.75 Å². The van der Waals surface area contributed by atoms with Gasteiger partial charge in [-0.05, 0) is 46.6 Å². The third kappa shape index (κ3) is 3.07. The summed E-state index contributed by atoms with van der Waals surface area (Å²) in [6.45, 7) is 2.82. The number of ether oxygens (including phenoxy) is 1. The number of pyridine rings is 1. The molecule has 2 aromatic rings. The Labute approximate surface area is 110 Å². The molecular weight excluding hydrogens is 278 g/mol. The summed E-state index contributed by atoms with van der Waals surface area (Å²) in [6.07, 6.45) is 1.00. The first-order valence-corrected chi connectivity index (χ1v) is 6.45. The fourth-order valence-electron chi connectivity index (χ4n) is 1.57. The molecule has 0 saturated heterocycles. The van der Waals surface area contributed by atoms with Gasteiger partial charge in [-0.1, -0.05) is 25.1 Å². The normalized spacial score (nSPS) is 10.2. The van der Waals surface area contributed by atoms with Crippen LogP contribution in [0.15, 0.2) is 47.1 Å². The molecule has 0 spiro atoms. The molecule has 0 N–H and O–H groups in total. The van der Waals surface area contributed by atoms with Crippen LogP contribution in [0.2, 0.25) is 0 Å². The van der Waals surface area contributed by atoms with Gasteiger partial charge >= 0.3 is 0 Å². The Morgan fingerprint density at radius 3 is 2.71 bits per heavy atom. The molecule has 0 amide bonds. The Morgan fingerprint density at radius 1 is 1.12 bits per heavy atom. The van der Waals surface area contributed by atoms with Crippen molar-refractivity contribution in [2.75, 3.05) is 6.61 Å². The van der Waals surface area contributed by atoms with Crippen molar-refractivity contribution in [1.82, 2.24) is 4.98 Å². The molecule has 0 atom stereocenters. The van der Waals surface area contributed by atoms with Crippen LogP contribution in [-0.4, -0.2) is 11.6 Å². The predicted molar refractivity (Wildman–Crippen MR) is 73.2 cm³/mol. The van der Waals surface area contributed by atoms with Crippen LogP contribution in [0.4, 0.5) is 0 Å². The van der Waals surface area contributed by atoms with Crippen LogP contribution in [0.3, 0.4) is 0 Å². The van der Waals surface area contributed by atoms with E-state index in [4.69, 9.17) is 4.74 Å². The van der Waals surface area contributed by atoms with Gasteiger partial charge in [0.25, 0.3) is 0 Å². The summed E-state index contributed by atoms with van der Waals surface area (Å²) < 4.78 is 6.56. The van der Waals surface area contributed by atoms with Crippen molar-refractivity contribution in [3.8, 4) is 17.0 Å². The smallest absolute Gasteiger partial charge is 0.128 e.